The number of para-hydroxylation sites is 2. The summed E-state index contributed by atoms with van der Waals surface area (Å²) in [5.74, 6) is 0.599. The Morgan fingerprint density at radius 2 is 1.56 bits per heavy atom. The quantitative estimate of drug-likeness (QED) is 0.625. The van der Waals surface area contributed by atoms with E-state index in [1.807, 2.05) is 35.8 Å². The molecule has 1 heterocycles. The van der Waals surface area contributed by atoms with Crippen molar-refractivity contribution in [3.8, 4) is 0 Å². The average molecular weight is 408 g/mol. The fourth-order valence-electron chi connectivity index (χ4n) is 3.02. The van der Waals surface area contributed by atoms with E-state index in [2.05, 4.69) is 4.98 Å². The molecule has 144 valence electrons. The summed E-state index contributed by atoms with van der Waals surface area (Å²) in [4.78, 5) is 4.11. The molecule has 0 aliphatic carbocycles. The molecule has 9 heteroatoms. The first kappa shape index (κ1) is 19.5. The topological polar surface area (TPSA) is 89.3 Å². The van der Waals surface area contributed by atoms with E-state index in [1.165, 1.54) is 31.3 Å². The third-order valence-corrected chi connectivity index (χ3v) is 7.50. The highest BCUT2D eigenvalue weighted by molar-refractivity contribution is 7.93. The van der Waals surface area contributed by atoms with Gasteiger partial charge in [-0.05, 0) is 31.2 Å². The van der Waals surface area contributed by atoms with Gasteiger partial charge in [0.05, 0.1) is 22.5 Å². The van der Waals surface area contributed by atoms with Crippen LogP contribution in [0, 0.1) is 0 Å². The lowest BCUT2D eigenvalue weighted by molar-refractivity contribution is 0.447. The second kappa shape index (κ2) is 7.06. The van der Waals surface area contributed by atoms with E-state index < -0.39 is 19.9 Å². The van der Waals surface area contributed by atoms with E-state index in [4.69, 9.17) is 0 Å². The molecule has 2 aromatic carbocycles. The molecular formula is C18H21N3O4S2. The molecule has 0 aliphatic heterocycles. The molecule has 0 spiro atoms. The summed E-state index contributed by atoms with van der Waals surface area (Å²) in [5, 5.41) is 0. The van der Waals surface area contributed by atoms with Crippen molar-refractivity contribution in [3.05, 3.63) is 54.4 Å². The first-order valence-electron chi connectivity index (χ1n) is 8.36. The number of nitrogens with zero attached hydrogens (tertiary/aromatic N) is 3. The van der Waals surface area contributed by atoms with Crippen molar-refractivity contribution >= 4 is 30.9 Å². The summed E-state index contributed by atoms with van der Waals surface area (Å²) in [7, 11) is -6.27. The van der Waals surface area contributed by atoms with E-state index in [0.29, 0.717) is 12.4 Å². The third-order valence-electron chi connectivity index (χ3n) is 4.35. The maximum absolute atomic E-state index is 13.0. The largest absolute Gasteiger partial charge is 0.327 e. The van der Waals surface area contributed by atoms with Crippen molar-refractivity contribution in [1.82, 2.24) is 13.9 Å². The number of aromatic nitrogens is 2. The minimum atomic E-state index is -4.01. The highest BCUT2D eigenvalue weighted by atomic mass is 32.2. The summed E-state index contributed by atoms with van der Waals surface area (Å²) in [6, 6.07) is 13.2. The molecule has 0 bridgehead atoms. The van der Waals surface area contributed by atoms with Crippen LogP contribution in [-0.4, -0.2) is 44.0 Å². The monoisotopic (exact) mass is 407 g/mol. The second-order valence-corrected chi connectivity index (χ2v) is 10.2. The summed E-state index contributed by atoms with van der Waals surface area (Å²) in [5.41, 5.74) is 1.72. The zero-order chi connectivity index (χ0) is 19.8. The molecule has 7 nitrogen and oxygen atoms in total. The number of imidazole rings is 1. The van der Waals surface area contributed by atoms with Gasteiger partial charge < -0.3 is 4.57 Å². The predicted molar refractivity (Wildman–Crippen MR) is 104 cm³/mol. The van der Waals surface area contributed by atoms with Crippen molar-refractivity contribution in [2.75, 3.05) is 13.3 Å². The van der Waals surface area contributed by atoms with Gasteiger partial charge in [0.1, 0.15) is 10.7 Å². The number of fused-ring (bicyclic) bond motifs is 1. The van der Waals surface area contributed by atoms with E-state index in [9.17, 15) is 16.8 Å². The molecule has 0 unspecified atom stereocenters. The molecule has 1 aromatic heterocycles. The van der Waals surface area contributed by atoms with E-state index >= 15 is 0 Å². The second-order valence-electron chi connectivity index (χ2n) is 6.24. The van der Waals surface area contributed by atoms with Crippen molar-refractivity contribution < 1.29 is 16.8 Å². The highest BCUT2D eigenvalue weighted by Gasteiger charge is 2.28. The van der Waals surface area contributed by atoms with Gasteiger partial charge in [0.2, 0.25) is 10.0 Å². The zero-order valence-electron chi connectivity index (χ0n) is 15.3. The Kier molecular flexibility index (Phi) is 5.11. The first-order chi connectivity index (χ1) is 12.7. The summed E-state index contributed by atoms with van der Waals surface area (Å²) in [6.45, 7) is 2.64. The van der Waals surface area contributed by atoms with Crippen LogP contribution >= 0.6 is 0 Å². The number of hydrogen-bond acceptors (Lipinski definition) is 5. The van der Waals surface area contributed by atoms with Crippen LogP contribution in [0.2, 0.25) is 0 Å². The molecule has 0 saturated heterocycles. The van der Waals surface area contributed by atoms with Crippen LogP contribution in [0.4, 0.5) is 0 Å². The van der Waals surface area contributed by atoms with Gasteiger partial charge in [0, 0.05) is 19.8 Å². The van der Waals surface area contributed by atoms with Gasteiger partial charge in [-0.3, -0.25) is 0 Å². The molecular weight excluding hydrogens is 386 g/mol. The Morgan fingerprint density at radius 1 is 0.963 bits per heavy atom. The van der Waals surface area contributed by atoms with Crippen molar-refractivity contribution in [3.63, 3.8) is 0 Å². The SMILES string of the molecule is CCn1c(CN(C)S(=O)(=O)c2ccccc2S(C)(=O)=O)nc2ccccc21. The number of rotatable bonds is 6. The minimum Gasteiger partial charge on any atom is -0.327 e. The standard InChI is InChI=1S/C18H21N3O4S2/c1-4-21-15-10-6-5-9-14(15)19-18(21)13-20(2)27(24,25)17-12-8-7-11-16(17)26(3,22)23/h5-12H,4,13H2,1-3H3. The van der Waals surface area contributed by atoms with Crippen LogP contribution in [0.3, 0.4) is 0 Å². The smallest absolute Gasteiger partial charge is 0.244 e. The molecule has 0 radical (unpaired) electrons. The molecule has 0 saturated carbocycles. The Hall–Kier alpha value is -2.23. The van der Waals surface area contributed by atoms with Gasteiger partial charge in [-0.25, -0.2) is 21.8 Å². The lowest BCUT2D eigenvalue weighted by atomic mass is 10.3. The molecule has 0 atom stereocenters. The molecule has 3 aromatic rings. The molecule has 0 N–H and O–H groups in total. The Labute approximate surface area is 159 Å². The zero-order valence-corrected chi connectivity index (χ0v) is 17.0. The van der Waals surface area contributed by atoms with Gasteiger partial charge >= 0.3 is 0 Å². The minimum absolute atomic E-state index is 0.0307. The van der Waals surface area contributed by atoms with Gasteiger partial charge in [-0.15, -0.1) is 0 Å². The number of aryl methyl sites for hydroxylation is 1. The van der Waals surface area contributed by atoms with Gasteiger partial charge in [0.15, 0.2) is 9.84 Å². The van der Waals surface area contributed by atoms with Crippen LogP contribution in [0.25, 0.3) is 11.0 Å². The summed E-state index contributed by atoms with van der Waals surface area (Å²) >= 11 is 0. The van der Waals surface area contributed by atoms with E-state index in [-0.39, 0.29) is 16.3 Å². The van der Waals surface area contributed by atoms with Crippen LogP contribution in [-0.2, 0) is 33.0 Å². The highest BCUT2D eigenvalue weighted by Crippen LogP contribution is 2.25. The van der Waals surface area contributed by atoms with Crippen LogP contribution in [0.1, 0.15) is 12.7 Å². The fraction of sp³-hybridized carbons (Fsp3) is 0.278. The lowest BCUT2D eigenvalue weighted by Gasteiger charge is -2.19. The Balaban J connectivity index is 2.04. The molecule has 3 rings (SSSR count). The van der Waals surface area contributed by atoms with E-state index in [1.54, 1.807) is 0 Å². The number of sulfonamides is 1. The van der Waals surface area contributed by atoms with Crippen molar-refractivity contribution in [1.29, 1.82) is 0 Å². The Morgan fingerprint density at radius 3 is 2.19 bits per heavy atom. The Bertz CT molecular complexity index is 1200. The van der Waals surface area contributed by atoms with E-state index in [0.717, 1.165) is 21.6 Å². The number of sulfone groups is 1. The predicted octanol–water partition coefficient (Wildman–Crippen LogP) is 2.28. The maximum atomic E-state index is 13.0. The lowest BCUT2D eigenvalue weighted by Crippen LogP contribution is -2.29. The van der Waals surface area contributed by atoms with Crippen molar-refractivity contribution in [2.24, 2.45) is 0 Å². The molecule has 0 amide bonds. The van der Waals surface area contributed by atoms with Gasteiger partial charge in [-0.2, -0.15) is 4.31 Å². The molecule has 0 fully saturated rings. The average Bonchev–Trinajstić information content (AvgIpc) is 2.97. The van der Waals surface area contributed by atoms with Crippen molar-refractivity contribution in [2.45, 2.75) is 29.8 Å². The maximum Gasteiger partial charge on any atom is 0.244 e. The molecule has 27 heavy (non-hydrogen) atoms. The summed E-state index contributed by atoms with van der Waals surface area (Å²) < 4.78 is 53.2. The van der Waals surface area contributed by atoms with Gasteiger partial charge in [0.25, 0.3) is 0 Å². The number of hydrogen-bond donors (Lipinski definition) is 0. The first-order valence-corrected chi connectivity index (χ1v) is 11.7. The van der Waals surface area contributed by atoms with Gasteiger partial charge in [-0.1, -0.05) is 24.3 Å². The van der Waals surface area contributed by atoms with Crippen LogP contribution < -0.4 is 0 Å². The third kappa shape index (κ3) is 3.62. The van der Waals surface area contributed by atoms with Crippen LogP contribution in [0.5, 0.6) is 0 Å². The number of benzene rings is 2. The summed E-state index contributed by atoms with van der Waals surface area (Å²) in [6.07, 6.45) is 0.998. The van der Waals surface area contributed by atoms with Crippen LogP contribution in [0.15, 0.2) is 58.3 Å². The fourth-order valence-corrected chi connectivity index (χ4v) is 5.74. The normalized spacial score (nSPS) is 12.7. The molecule has 0 aliphatic rings.